The SMILES string of the molecule is CCC(CC)(CNC(=O)c1c(C)nn(-c2ccc(F)cc2)c1C)C(=O)O. The lowest BCUT2D eigenvalue weighted by Gasteiger charge is -2.26. The molecule has 0 unspecified atom stereocenters. The van der Waals surface area contributed by atoms with Crippen molar-refractivity contribution < 1.29 is 19.1 Å². The first-order chi connectivity index (χ1) is 12.3. The van der Waals surface area contributed by atoms with Gasteiger partial charge in [0.15, 0.2) is 0 Å². The molecule has 140 valence electrons. The predicted octanol–water partition coefficient (Wildman–Crippen LogP) is 3.25. The third-order valence-electron chi connectivity index (χ3n) is 4.98. The molecular formula is C19H24FN3O3. The first kappa shape index (κ1) is 19.6. The minimum absolute atomic E-state index is 0.0504. The van der Waals surface area contributed by atoms with Gasteiger partial charge < -0.3 is 10.4 Å². The van der Waals surface area contributed by atoms with Crippen molar-refractivity contribution in [2.45, 2.75) is 40.5 Å². The van der Waals surface area contributed by atoms with E-state index in [2.05, 4.69) is 10.4 Å². The molecule has 0 saturated heterocycles. The number of nitrogens with zero attached hydrogens (tertiary/aromatic N) is 2. The van der Waals surface area contributed by atoms with E-state index < -0.39 is 11.4 Å². The fourth-order valence-corrected chi connectivity index (χ4v) is 3.02. The summed E-state index contributed by atoms with van der Waals surface area (Å²) in [6, 6.07) is 5.82. The van der Waals surface area contributed by atoms with Gasteiger partial charge in [0.25, 0.3) is 5.91 Å². The van der Waals surface area contributed by atoms with E-state index in [1.54, 1.807) is 44.5 Å². The van der Waals surface area contributed by atoms with Crippen LogP contribution in [0.3, 0.4) is 0 Å². The molecule has 7 heteroatoms. The summed E-state index contributed by atoms with van der Waals surface area (Å²) in [6.45, 7) is 7.11. The zero-order valence-corrected chi connectivity index (χ0v) is 15.5. The molecule has 0 bridgehead atoms. The fourth-order valence-electron chi connectivity index (χ4n) is 3.02. The monoisotopic (exact) mass is 361 g/mol. The van der Waals surface area contributed by atoms with Gasteiger partial charge in [-0.15, -0.1) is 0 Å². The summed E-state index contributed by atoms with van der Waals surface area (Å²) in [7, 11) is 0. The Balaban J connectivity index is 2.27. The number of carbonyl (C=O) groups excluding carboxylic acids is 1. The highest BCUT2D eigenvalue weighted by Gasteiger charge is 2.35. The molecule has 1 heterocycles. The van der Waals surface area contributed by atoms with Crippen molar-refractivity contribution in [2.24, 2.45) is 5.41 Å². The number of halogens is 1. The second-order valence-corrected chi connectivity index (χ2v) is 6.41. The van der Waals surface area contributed by atoms with Gasteiger partial charge in [0, 0.05) is 6.54 Å². The normalized spacial score (nSPS) is 11.4. The van der Waals surface area contributed by atoms with Crippen LogP contribution >= 0.6 is 0 Å². The second kappa shape index (κ2) is 7.68. The Labute approximate surface area is 152 Å². The molecule has 0 aliphatic rings. The van der Waals surface area contributed by atoms with E-state index in [-0.39, 0.29) is 18.3 Å². The van der Waals surface area contributed by atoms with Crippen LogP contribution in [-0.2, 0) is 4.79 Å². The Kier molecular flexibility index (Phi) is 5.79. The molecule has 1 aromatic heterocycles. The van der Waals surface area contributed by atoms with Crippen LogP contribution in [0.2, 0.25) is 0 Å². The summed E-state index contributed by atoms with van der Waals surface area (Å²) in [6.07, 6.45) is 0.845. The molecule has 0 spiro atoms. The number of rotatable bonds is 7. The Morgan fingerprint density at radius 3 is 2.27 bits per heavy atom. The zero-order chi connectivity index (χ0) is 19.5. The van der Waals surface area contributed by atoms with E-state index in [1.165, 1.54) is 12.1 Å². The van der Waals surface area contributed by atoms with Crippen LogP contribution in [0.4, 0.5) is 4.39 Å². The van der Waals surface area contributed by atoms with E-state index in [9.17, 15) is 19.1 Å². The smallest absolute Gasteiger partial charge is 0.311 e. The van der Waals surface area contributed by atoms with Crippen molar-refractivity contribution in [1.82, 2.24) is 15.1 Å². The van der Waals surface area contributed by atoms with Crippen molar-refractivity contribution in [1.29, 1.82) is 0 Å². The highest BCUT2D eigenvalue weighted by molar-refractivity contribution is 5.96. The average molecular weight is 361 g/mol. The number of hydrogen-bond acceptors (Lipinski definition) is 3. The topological polar surface area (TPSA) is 84.2 Å². The fraction of sp³-hybridized carbons (Fsp3) is 0.421. The first-order valence-corrected chi connectivity index (χ1v) is 8.59. The molecule has 0 aliphatic heterocycles. The van der Waals surface area contributed by atoms with Crippen molar-refractivity contribution in [3.8, 4) is 5.69 Å². The number of carboxylic acid groups (broad SMARTS) is 1. The van der Waals surface area contributed by atoms with Gasteiger partial charge in [-0.05, 0) is 51.0 Å². The molecule has 0 saturated carbocycles. The number of hydrogen-bond donors (Lipinski definition) is 2. The summed E-state index contributed by atoms with van der Waals surface area (Å²) < 4.78 is 14.7. The van der Waals surface area contributed by atoms with Gasteiger partial charge in [-0.25, -0.2) is 9.07 Å². The van der Waals surface area contributed by atoms with Crippen LogP contribution in [0, 0.1) is 25.1 Å². The largest absolute Gasteiger partial charge is 0.481 e. The van der Waals surface area contributed by atoms with Crippen molar-refractivity contribution in [3.63, 3.8) is 0 Å². The molecule has 1 amide bonds. The van der Waals surface area contributed by atoms with E-state index in [0.29, 0.717) is 35.5 Å². The summed E-state index contributed by atoms with van der Waals surface area (Å²) in [5.74, 6) is -1.63. The maximum Gasteiger partial charge on any atom is 0.311 e. The van der Waals surface area contributed by atoms with Gasteiger partial charge in [0.1, 0.15) is 5.82 Å². The van der Waals surface area contributed by atoms with E-state index in [4.69, 9.17) is 0 Å². The molecule has 1 aromatic carbocycles. The minimum Gasteiger partial charge on any atom is -0.481 e. The molecule has 2 N–H and O–H groups in total. The molecule has 2 rings (SSSR count). The highest BCUT2D eigenvalue weighted by Crippen LogP contribution is 2.26. The van der Waals surface area contributed by atoms with Gasteiger partial charge >= 0.3 is 5.97 Å². The Bertz CT molecular complexity index is 808. The minimum atomic E-state index is -0.982. The number of nitrogens with one attached hydrogen (secondary N) is 1. The highest BCUT2D eigenvalue weighted by atomic mass is 19.1. The third-order valence-corrected chi connectivity index (χ3v) is 4.98. The van der Waals surface area contributed by atoms with Crippen LogP contribution < -0.4 is 5.32 Å². The molecule has 0 atom stereocenters. The average Bonchev–Trinajstić information content (AvgIpc) is 2.91. The third kappa shape index (κ3) is 3.61. The molecule has 0 aliphatic carbocycles. The Hall–Kier alpha value is -2.70. The summed E-state index contributed by atoms with van der Waals surface area (Å²) >= 11 is 0. The molecule has 2 aromatic rings. The van der Waals surface area contributed by atoms with Crippen LogP contribution in [-0.4, -0.2) is 33.3 Å². The van der Waals surface area contributed by atoms with Crippen LogP contribution in [0.5, 0.6) is 0 Å². The van der Waals surface area contributed by atoms with Crippen LogP contribution in [0.25, 0.3) is 5.69 Å². The van der Waals surface area contributed by atoms with E-state index >= 15 is 0 Å². The number of aryl methyl sites for hydroxylation is 1. The lowest BCUT2D eigenvalue weighted by molar-refractivity contribution is -0.149. The number of aliphatic carboxylic acids is 1. The van der Waals surface area contributed by atoms with Crippen LogP contribution in [0.1, 0.15) is 48.4 Å². The quantitative estimate of drug-likeness (QED) is 0.793. The Morgan fingerprint density at radius 2 is 1.77 bits per heavy atom. The molecule has 0 radical (unpaired) electrons. The number of carbonyl (C=O) groups is 2. The van der Waals surface area contributed by atoms with E-state index in [1.807, 2.05) is 0 Å². The summed E-state index contributed by atoms with van der Waals surface area (Å²) in [5, 5.41) is 16.6. The summed E-state index contributed by atoms with van der Waals surface area (Å²) in [5.41, 5.74) is 1.21. The van der Waals surface area contributed by atoms with Gasteiger partial charge in [0.05, 0.1) is 28.1 Å². The summed E-state index contributed by atoms with van der Waals surface area (Å²) in [4.78, 5) is 24.3. The molecule has 26 heavy (non-hydrogen) atoms. The number of aromatic nitrogens is 2. The molecule has 0 fully saturated rings. The number of carboxylic acids is 1. The van der Waals surface area contributed by atoms with Crippen molar-refractivity contribution in [3.05, 3.63) is 47.0 Å². The van der Waals surface area contributed by atoms with Crippen molar-refractivity contribution in [2.75, 3.05) is 6.54 Å². The van der Waals surface area contributed by atoms with Gasteiger partial charge in [-0.1, -0.05) is 13.8 Å². The zero-order valence-electron chi connectivity index (χ0n) is 15.5. The van der Waals surface area contributed by atoms with Gasteiger partial charge in [0.2, 0.25) is 0 Å². The predicted molar refractivity (Wildman–Crippen MR) is 96.0 cm³/mol. The number of benzene rings is 1. The standard InChI is InChI=1S/C19H24FN3O3/c1-5-19(6-2,18(25)26)11-21-17(24)16-12(3)22-23(13(16)4)15-9-7-14(20)8-10-15/h7-10H,5-6,11H2,1-4H3,(H,21,24)(H,25,26). The second-order valence-electron chi connectivity index (χ2n) is 6.41. The lowest BCUT2D eigenvalue weighted by atomic mass is 9.82. The molecular weight excluding hydrogens is 337 g/mol. The van der Waals surface area contributed by atoms with Gasteiger partial charge in [-0.3, -0.25) is 9.59 Å². The van der Waals surface area contributed by atoms with E-state index in [0.717, 1.165) is 0 Å². The molecule has 6 nitrogen and oxygen atoms in total. The lowest BCUT2D eigenvalue weighted by Crippen LogP contribution is -2.42. The van der Waals surface area contributed by atoms with Crippen molar-refractivity contribution >= 4 is 11.9 Å². The maximum atomic E-state index is 13.1. The van der Waals surface area contributed by atoms with Crippen LogP contribution in [0.15, 0.2) is 24.3 Å². The van der Waals surface area contributed by atoms with Gasteiger partial charge in [-0.2, -0.15) is 5.10 Å². The Morgan fingerprint density at radius 1 is 1.19 bits per heavy atom. The first-order valence-electron chi connectivity index (χ1n) is 8.59. The maximum absolute atomic E-state index is 13.1. The number of amides is 1.